The minimum absolute atomic E-state index is 0.437. The van der Waals surface area contributed by atoms with Gasteiger partial charge in [-0.3, -0.25) is 0 Å². The van der Waals surface area contributed by atoms with E-state index in [4.69, 9.17) is 5.73 Å². The van der Waals surface area contributed by atoms with Gasteiger partial charge in [-0.2, -0.15) is 11.8 Å². The minimum atomic E-state index is -0.559. The topological polar surface area (TPSA) is 64.1 Å². The van der Waals surface area contributed by atoms with Gasteiger partial charge in [0, 0.05) is 17.0 Å². The van der Waals surface area contributed by atoms with Crippen LogP contribution in [0.1, 0.15) is 51.1 Å². The SMILES string of the molecule is CCSC1CCC(n2c(C(C)O)nc3cc(N)ccc32)C1. The zero-order chi connectivity index (χ0) is 15.0. The van der Waals surface area contributed by atoms with E-state index < -0.39 is 6.10 Å². The maximum Gasteiger partial charge on any atom is 0.138 e. The first kappa shape index (κ1) is 14.7. The molecule has 3 atom stereocenters. The summed E-state index contributed by atoms with van der Waals surface area (Å²) < 4.78 is 2.25. The lowest BCUT2D eigenvalue weighted by Crippen LogP contribution is -2.12. The highest BCUT2D eigenvalue weighted by molar-refractivity contribution is 7.99. The highest BCUT2D eigenvalue weighted by atomic mass is 32.2. The van der Waals surface area contributed by atoms with E-state index in [1.807, 2.05) is 30.0 Å². The Morgan fingerprint density at radius 2 is 2.29 bits per heavy atom. The number of aliphatic hydroxyl groups excluding tert-OH is 1. The first-order valence-corrected chi connectivity index (χ1v) is 8.72. The quantitative estimate of drug-likeness (QED) is 0.848. The van der Waals surface area contributed by atoms with E-state index in [0.29, 0.717) is 6.04 Å². The molecule has 1 aromatic carbocycles. The van der Waals surface area contributed by atoms with E-state index in [1.54, 1.807) is 6.92 Å². The highest BCUT2D eigenvalue weighted by Gasteiger charge is 2.29. The molecule has 1 saturated carbocycles. The van der Waals surface area contributed by atoms with Gasteiger partial charge in [0.15, 0.2) is 0 Å². The van der Waals surface area contributed by atoms with Crippen molar-refractivity contribution >= 4 is 28.5 Å². The van der Waals surface area contributed by atoms with Crippen LogP contribution in [0.2, 0.25) is 0 Å². The number of nitrogens with two attached hydrogens (primary N) is 1. The van der Waals surface area contributed by atoms with Gasteiger partial charge in [0.05, 0.1) is 11.0 Å². The lowest BCUT2D eigenvalue weighted by molar-refractivity contribution is 0.181. The Hall–Kier alpha value is -1.20. The van der Waals surface area contributed by atoms with Crippen LogP contribution >= 0.6 is 11.8 Å². The lowest BCUT2D eigenvalue weighted by atomic mass is 10.2. The molecule has 0 amide bonds. The standard InChI is InChI=1S/C16H23N3OS/c1-3-21-13-6-5-12(9-13)19-15-7-4-11(17)8-14(15)18-16(19)10(2)20/h4,7-8,10,12-13,20H,3,5-6,9,17H2,1-2H3. The third-order valence-corrected chi connectivity index (χ3v) is 5.47. The Balaban J connectivity index is 2.02. The van der Waals surface area contributed by atoms with Crippen molar-refractivity contribution in [1.82, 2.24) is 9.55 Å². The van der Waals surface area contributed by atoms with E-state index in [-0.39, 0.29) is 0 Å². The van der Waals surface area contributed by atoms with Crippen molar-refractivity contribution < 1.29 is 5.11 Å². The normalized spacial score (nSPS) is 23.8. The lowest BCUT2D eigenvalue weighted by Gasteiger charge is -2.18. The summed E-state index contributed by atoms with van der Waals surface area (Å²) in [5.41, 5.74) is 8.55. The first-order chi connectivity index (χ1) is 10.1. The predicted octanol–water partition coefficient (Wildman–Crippen LogP) is 3.52. The number of anilines is 1. The van der Waals surface area contributed by atoms with Crippen molar-refractivity contribution in [2.24, 2.45) is 0 Å². The second kappa shape index (κ2) is 5.89. The Labute approximate surface area is 129 Å². The maximum absolute atomic E-state index is 10.1. The van der Waals surface area contributed by atoms with Gasteiger partial charge in [-0.1, -0.05) is 6.92 Å². The molecule has 1 fully saturated rings. The summed E-state index contributed by atoms with van der Waals surface area (Å²) in [7, 11) is 0. The van der Waals surface area contributed by atoms with E-state index in [0.717, 1.165) is 40.6 Å². The molecule has 1 aliphatic carbocycles. The summed E-state index contributed by atoms with van der Waals surface area (Å²) in [4.78, 5) is 4.61. The molecule has 3 rings (SSSR count). The van der Waals surface area contributed by atoms with E-state index >= 15 is 0 Å². The van der Waals surface area contributed by atoms with Crippen LogP contribution in [0, 0.1) is 0 Å². The van der Waals surface area contributed by atoms with Crippen LogP contribution < -0.4 is 5.73 Å². The Kier molecular flexibility index (Phi) is 4.13. The molecular weight excluding hydrogens is 282 g/mol. The van der Waals surface area contributed by atoms with Crippen molar-refractivity contribution in [2.45, 2.75) is 50.5 Å². The van der Waals surface area contributed by atoms with Crippen molar-refractivity contribution in [1.29, 1.82) is 0 Å². The molecule has 114 valence electrons. The average Bonchev–Trinajstić information content (AvgIpc) is 3.02. The van der Waals surface area contributed by atoms with Gasteiger partial charge in [0.2, 0.25) is 0 Å². The van der Waals surface area contributed by atoms with Gasteiger partial charge < -0.3 is 15.4 Å². The number of aromatic nitrogens is 2. The van der Waals surface area contributed by atoms with Crippen molar-refractivity contribution in [3.8, 4) is 0 Å². The zero-order valence-electron chi connectivity index (χ0n) is 12.6. The monoisotopic (exact) mass is 305 g/mol. The number of benzene rings is 1. The van der Waals surface area contributed by atoms with Gasteiger partial charge in [0.25, 0.3) is 0 Å². The average molecular weight is 305 g/mol. The molecular formula is C16H23N3OS. The van der Waals surface area contributed by atoms with Crippen molar-refractivity contribution in [3.05, 3.63) is 24.0 Å². The fraction of sp³-hybridized carbons (Fsp3) is 0.562. The number of rotatable bonds is 4. The summed E-state index contributed by atoms with van der Waals surface area (Å²) in [6, 6.07) is 6.28. The van der Waals surface area contributed by atoms with Gasteiger partial charge >= 0.3 is 0 Å². The van der Waals surface area contributed by atoms with E-state index in [9.17, 15) is 5.11 Å². The summed E-state index contributed by atoms with van der Waals surface area (Å²) in [6.45, 7) is 4.00. The predicted molar refractivity (Wildman–Crippen MR) is 89.6 cm³/mol. The molecule has 2 aromatic rings. The summed E-state index contributed by atoms with van der Waals surface area (Å²) >= 11 is 2.05. The third kappa shape index (κ3) is 2.77. The van der Waals surface area contributed by atoms with Gasteiger partial charge in [0.1, 0.15) is 11.9 Å². The Morgan fingerprint density at radius 3 is 3.00 bits per heavy atom. The molecule has 1 aliphatic rings. The van der Waals surface area contributed by atoms with E-state index in [1.165, 1.54) is 12.2 Å². The Bertz CT molecular complexity index is 638. The highest BCUT2D eigenvalue weighted by Crippen LogP contribution is 2.40. The largest absolute Gasteiger partial charge is 0.399 e. The van der Waals surface area contributed by atoms with Crippen LogP contribution in [-0.4, -0.2) is 25.7 Å². The molecule has 0 bridgehead atoms. The summed E-state index contributed by atoms with van der Waals surface area (Å²) in [6.07, 6.45) is 3.01. The molecule has 0 aliphatic heterocycles. The van der Waals surface area contributed by atoms with Gasteiger partial charge in [-0.05, 0) is 50.1 Å². The molecule has 3 unspecified atom stereocenters. The maximum atomic E-state index is 10.1. The van der Waals surface area contributed by atoms with Crippen LogP contribution in [-0.2, 0) is 0 Å². The third-order valence-electron chi connectivity index (χ3n) is 4.24. The molecule has 5 heteroatoms. The molecule has 1 aromatic heterocycles. The number of hydrogen-bond donors (Lipinski definition) is 2. The fourth-order valence-electron chi connectivity index (χ4n) is 3.35. The second-order valence-electron chi connectivity index (χ2n) is 5.81. The first-order valence-electron chi connectivity index (χ1n) is 7.67. The fourth-order valence-corrected chi connectivity index (χ4v) is 4.48. The van der Waals surface area contributed by atoms with E-state index in [2.05, 4.69) is 16.5 Å². The molecule has 4 nitrogen and oxygen atoms in total. The van der Waals surface area contributed by atoms with Gasteiger partial charge in [-0.15, -0.1) is 0 Å². The Morgan fingerprint density at radius 1 is 1.48 bits per heavy atom. The summed E-state index contributed by atoms with van der Waals surface area (Å²) in [5.74, 6) is 1.93. The number of aliphatic hydroxyl groups is 1. The number of hydrogen-bond acceptors (Lipinski definition) is 4. The van der Waals surface area contributed by atoms with Crippen molar-refractivity contribution in [3.63, 3.8) is 0 Å². The van der Waals surface area contributed by atoms with Gasteiger partial charge in [-0.25, -0.2) is 4.98 Å². The molecule has 0 radical (unpaired) electrons. The molecule has 3 N–H and O–H groups in total. The number of thioether (sulfide) groups is 1. The number of nitrogens with zero attached hydrogens (tertiary/aromatic N) is 2. The van der Waals surface area contributed by atoms with Crippen LogP contribution in [0.4, 0.5) is 5.69 Å². The number of nitrogen functional groups attached to an aromatic ring is 1. The number of fused-ring (bicyclic) bond motifs is 1. The summed E-state index contributed by atoms with van der Waals surface area (Å²) in [5, 5.41) is 10.8. The van der Waals surface area contributed by atoms with Crippen LogP contribution in [0.15, 0.2) is 18.2 Å². The smallest absolute Gasteiger partial charge is 0.138 e. The molecule has 0 spiro atoms. The molecule has 0 saturated heterocycles. The molecule has 21 heavy (non-hydrogen) atoms. The zero-order valence-corrected chi connectivity index (χ0v) is 13.4. The molecule has 1 heterocycles. The second-order valence-corrected chi connectivity index (χ2v) is 7.39. The van der Waals surface area contributed by atoms with Crippen molar-refractivity contribution in [2.75, 3.05) is 11.5 Å². The van der Waals surface area contributed by atoms with Crippen LogP contribution in [0.5, 0.6) is 0 Å². The number of imidazole rings is 1. The minimum Gasteiger partial charge on any atom is -0.399 e. The van der Waals surface area contributed by atoms with Crippen LogP contribution in [0.3, 0.4) is 0 Å². The van der Waals surface area contributed by atoms with Crippen LogP contribution in [0.25, 0.3) is 11.0 Å².